The van der Waals surface area contributed by atoms with Crippen LogP contribution in [0.2, 0.25) is 0 Å². The Morgan fingerprint density at radius 2 is 2.18 bits per heavy atom. The number of carbonyl (C=O) groups is 1. The molecule has 1 amide bonds. The van der Waals surface area contributed by atoms with Gasteiger partial charge in [0, 0.05) is 18.7 Å². The summed E-state index contributed by atoms with van der Waals surface area (Å²) in [6, 6.07) is 5.00. The fourth-order valence-corrected chi connectivity index (χ4v) is 2.01. The Morgan fingerprint density at radius 3 is 2.71 bits per heavy atom. The van der Waals surface area contributed by atoms with Gasteiger partial charge in [-0.1, -0.05) is 13.0 Å². The Labute approximate surface area is 101 Å². The van der Waals surface area contributed by atoms with Crippen molar-refractivity contribution in [2.45, 2.75) is 25.8 Å². The summed E-state index contributed by atoms with van der Waals surface area (Å²) in [5.41, 5.74) is 7.09. The second-order valence-corrected chi connectivity index (χ2v) is 4.88. The van der Waals surface area contributed by atoms with E-state index in [4.69, 9.17) is 5.73 Å². The standard InChI is InChI=1S/C13H18N2O2/c1-3-13(14)7-15(8-13)12(17)10-5-4-9(2)11(16)6-10/h4-6,16H,3,7-8,14H2,1-2H3. The Balaban J connectivity index is 2.09. The predicted octanol–water partition coefficient (Wildman–Crippen LogP) is 1.26. The van der Waals surface area contributed by atoms with Gasteiger partial charge in [0.2, 0.25) is 0 Å². The van der Waals surface area contributed by atoms with Crippen LogP contribution in [0.25, 0.3) is 0 Å². The lowest BCUT2D eigenvalue weighted by Crippen LogP contribution is -2.68. The molecule has 1 aromatic carbocycles. The minimum absolute atomic E-state index is 0.0603. The molecule has 0 aromatic heterocycles. The summed E-state index contributed by atoms with van der Waals surface area (Å²) < 4.78 is 0. The first-order chi connectivity index (χ1) is 7.95. The molecule has 0 aliphatic carbocycles. The average Bonchev–Trinajstić information content (AvgIpc) is 2.27. The third kappa shape index (κ3) is 2.13. The Hall–Kier alpha value is -1.55. The number of nitrogens with zero attached hydrogens (tertiary/aromatic N) is 1. The zero-order chi connectivity index (χ0) is 12.6. The number of nitrogens with two attached hydrogens (primary N) is 1. The molecule has 0 saturated carbocycles. The van der Waals surface area contributed by atoms with Crippen molar-refractivity contribution in [3.8, 4) is 5.75 Å². The third-order valence-corrected chi connectivity index (χ3v) is 3.46. The summed E-state index contributed by atoms with van der Waals surface area (Å²) in [5.74, 6) is 0.0979. The van der Waals surface area contributed by atoms with Gasteiger partial charge >= 0.3 is 0 Å². The number of benzene rings is 1. The van der Waals surface area contributed by atoms with Crippen LogP contribution in [-0.2, 0) is 0 Å². The molecular formula is C13H18N2O2. The molecule has 4 nitrogen and oxygen atoms in total. The predicted molar refractivity (Wildman–Crippen MR) is 66.0 cm³/mol. The van der Waals surface area contributed by atoms with Gasteiger partial charge in [0.15, 0.2) is 0 Å². The third-order valence-electron chi connectivity index (χ3n) is 3.46. The highest BCUT2D eigenvalue weighted by Gasteiger charge is 2.40. The molecule has 1 saturated heterocycles. The first-order valence-corrected chi connectivity index (χ1v) is 5.83. The summed E-state index contributed by atoms with van der Waals surface area (Å²) >= 11 is 0. The van der Waals surface area contributed by atoms with Crippen LogP contribution >= 0.6 is 0 Å². The molecule has 2 rings (SSSR count). The van der Waals surface area contributed by atoms with E-state index in [-0.39, 0.29) is 17.2 Å². The number of hydrogen-bond acceptors (Lipinski definition) is 3. The van der Waals surface area contributed by atoms with Crippen molar-refractivity contribution in [3.63, 3.8) is 0 Å². The molecule has 17 heavy (non-hydrogen) atoms. The Bertz CT molecular complexity index is 451. The van der Waals surface area contributed by atoms with Crippen LogP contribution in [0.15, 0.2) is 18.2 Å². The molecule has 0 atom stereocenters. The van der Waals surface area contributed by atoms with Gasteiger partial charge in [-0.2, -0.15) is 0 Å². The number of hydrogen-bond donors (Lipinski definition) is 2. The van der Waals surface area contributed by atoms with E-state index in [1.807, 2.05) is 6.92 Å². The van der Waals surface area contributed by atoms with E-state index in [9.17, 15) is 9.90 Å². The molecule has 1 heterocycles. The first-order valence-electron chi connectivity index (χ1n) is 5.83. The van der Waals surface area contributed by atoms with Crippen LogP contribution in [0.4, 0.5) is 0 Å². The first kappa shape index (κ1) is 11.9. The largest absolute Gasteiger partial charge is 0.508 e. The van der Waals surface area contributed by atoms with E-state index >= 15 is 0 Å². The molecular weight excluding hydrogens is 216 g/mol. The maximum Gasteiger partial charge on any atom is 0.254 e. The number of carbonyl (C=O) groups excluding carboxylic acids is 1. The molecule has 0 spiro atoms. The van der Waals surface area contributed by atoms with Crippen molar-refractivity contribution >= 4 is 5.91 Å². The van der Waals surface area contributed by atoms with Crippen molar-refractivity contribution < 1.29 is 9.90 Å². The summed E-state index contributed by atoms with van der Waals surface area (Å²) in [6.45, 7) is 5.02. The lowest BCUT2D eigenvalue weighted by Gasteiger charge is -2.47. The minimum atomic E-state index is -0.220. The summed E-state index contributed by atoms with van der Waals surface area (Å²) in [6.07, 6.45) is 0.871. The van der Waals surface area contributed by atoms with Gasteiger partial charge in [-0.05, 0) is 31.0 Å². The van der Waals surface area contributed by atoms with Gasteiger partial charge < -0.3 is 15.7 Å². The van der Waals surface area contributed by atoms with Crippen molar-refractivity contribution in [1.29, 1.82) is 0 Å². The molecule has 0 radical (unpaired) electrons. The van der Waals surface area contributed by atoms with E-state index in [1.165, 1.54) is 6.07 Å². The van der Waals surface area contributed by atoms with E-state index in [1.54, 1.807) is 24.0 Å². The molecule has 1 aliphatic rings. The van der Waals surface area contributed by atoms with E-state index in [2.05, 4.69) is 0 Å². The summed E-state index contributed by atoms with van der Waals surface area (Å²) in [4.78, 5) is 13.8. The van der Waals surface area contributed by atoms with Gasteiger partial charge in [0.05, 0.1) is 5.54 Å². The van der Waals surface area contributed by atoms with Crippen LogP contribution in [0, 0.1) is 6.92 Å². The van der Waals surface area contributed by atoms with Crippen molar-refractivity contribution in [2.75, 3.05) is 13.1 Å². The second kappa shape index (κ2) is 4.04. The smallest absolute Gasteiger partial charge is 0.254 e. The van der Waals surface area contributed by atoms with Crippen LogP contribution < -0.4 is 5.73 Å². The van der Waals surface area contributed by atoms with Crippen molar-refractivity contribution in [3.05, 3.63) is 29.3 Å². The summed E-state index contributed by atoms with van der Waals surface area (Å²) in [7, 11) is 0. The molecule has 3 N–H and O–H groups in total. The van der Waals surface area contributed by atoms with Gasteiger partial charge in [0.25, 0.3) is 5.91 Å². The maximum atomic E-state index is 12.1. The Morgan fingerprint density at radius 1 is 1.53 bits per heavy atom. The highest BCUT2D eigenvalue weighted by molar-refractivity contribution is 5.95. The minimum Gasteiger partial charge on any atom is -0.508 e. The normalized spacial score (nSPS) is 17.7. The lowest BCUT2D eigenvalue weighted by atomic mass is 9.87. The van der Waals surface area contributed by atoms with Crippen LogP contribution in [0.1, 0.15) is 29.3 Å². The van der Waals surface area contributed by atoms with Gasteiger partial charge in [-0.15, -0.1) is 0 Å². The van der Waals surface area contributed by atoms with E-state index < -0.39 is 0 Å². The SMILES string of the molecule is CCC1(N)CN(C(=O)c2ccc(C)c(O)c2)C1. The number of phenolic OH excluding ortho intramolecular Hbond substituents is 1. The lowest BCUT2D eigenvalue weighted by molar-refractivity contribution is 0.0401. The van der Waals surface area contributed by atoms with Crippen LogP contribution in [0.3, 0.4) is 0 Å². The zero-order valence-electron chi connectivity index (χ0n) is 10.2. The molecule has 1 fully saturated rings. The van der Waals surface area contributed by atoms with E-state index in [0.717, 1.165) is 12.0 Å². The number of amides is 1. The van der Waals surface area contributed by atoms with Gasteiger partial charge in [-0.3, -0.25) is 4.79 Å². The second-order valence-electron chi connectivity index (χ2n) is 4.88. The monoisotopic (exact) mass is 234 g/mol. The number of phenols is 1. The summed E-state index contributed by atoms with van der Waals surface area (Å²) in [5, 5.41) is 9.57. The molecule has 0 bridgehead atoms. The van der Waals surface area contributed by atoms with E-state index in [0.29, 0.717) is 18.7 Å². The van der Waals surface area contributed by atoms with Crippen molar-refractivity contribution in [1.82, 2.24) is 4.90 Å². The molecule has 1 aliphatic heterocycles. The fraction of sp³-hybridized carbons (Fsp3) is 0.462. The van der Waals surface area contributed by atoms with Gasteiger partial charge in [-0.25, -0.2) is 0 Å². The highest BCUT2D eigenvalue weighted by atomic mass is 16.3. The molecule has 4 heteroatoms. The molecule has 92 valence electrons. The highest BCUT2D eigenvalue weighted by Crippen LogP contribution is 2.25. The van der Waals surface area contributed by atoms with Gasteiger partial charge in [0.1, 0.15) is 5.75 Å². The van der Waals surface area contributed by atoms with Crippen LogP contribution in [0.5, 0.6) is 5.75 Å². The quantitative estimate of drug-likeness (QED) is 0.809. The molecule has 1 aromatic rings. The Kier molecular flexibility index (Phi) is 2.83. The van der Waals surface area contributed by atoms with Crippen LogP contribution in [-0.4, -0.2) is 34.5 Å². The number of rotatable bonds is 2. The molecule has 0 unspecified atom stereocenters. The average molecular weight is 234 g/mol. The fourth-order valence-electron chi connectivity index (χ4n) is 2.01. The number of likely N-dealkylation sites (tertiary alicyclic amines) is 1. The number of aryl methyl sites for hydroxylation is 1. The topological polar surface area (TPSA) is 66.6 Å². The number of aromatic hydroxyl groups is 1. The van der Waals surface area contributed by atoms with Crippen molar-refractivity contribution in [2.24, 2.45) is 5.73 Å². The maximum absolute atomic E-state index is 12.1. The zero-order valence-corrected chi connectivity index (χ0v) is 10.2.